The van der Waals surface area contributed by atoms with Gasteiger partial charge in [0, 0.05) is 13.1 Å². The second-order valence-corrected chi connectivity index (χ2v) is 7.33. The fourth-order valence-corrected chi connectivity index (χ4v) is 2.51. The average Bonchev–Trinajstić information content (AvgIpc) is 2.20. The summed E-state index contributed by atoms with van der Waals surface area (Å²) in [5, 5.41) is -0.339. The Hall–Kier alpha value is -0.130. The third-order valence-electron chi connectivity index (χ3n) is 3.23. The molecule has 16 heavy (non-hydrogen) atoms. The van der Waals surface area contributed by atoms with Gasteiger partial charge in [-0.15, -0.1) is 0 Å². The van der Waals surface area contributed by atoms with Gasteiger partial charge in [-0.2, -0.15) is 0 Å². The highest BCUT2D eigenvalue weighted by atomic mass is 32.2. The number of likely N-dealkylation sites (tertiary alicyclic amines) is 1. The lowest BCUT2D eigenvalue weighted by Crippen LogP contribution is -2.40. The number of nitrogens with zero attached hydrogens (tertiary/aromatic N) is 1. The molecule has 0 saturated carbocycles. The zero-order valence-corrected chi connectivity index (χ0v) is 11.4. The highest BCUT2D eigenvalue weighted by molar-refractivity contribution is 7.90. The molecule has 0 radical (unpaired) electrons. The van der Waals surface area contributed by atoms with E-state index in [1.54, 1.807) is 13.8 Å². The Balaban J connectivity index is 2.21. The lowest BCUT2D eigenvalue weighted by atomic mass is 9.99. The smallest absolute Gasteiger partial charge is 0.213 e. The molecule has 1 aliphatic heterocycles. The van der Waals surface area contributed by atoms with Crippen LogP contribution in [0.15, 0.2) is 0 Å². The predicted octanol–water partition coefficient (Wildman–Crippen LogP) is 1.05. The number of hydrogen-bond donors (Lipinski definition) is 1. The number of piperidine rings is 1. The van der Waals surface area contributed by atoms with Crippen LogP contribution in [0.3, 0.4) is 0 Å². The third-order valence-corrected chi connectivity index (χ3v) is 5.08. The van der Waals surface area contributed by atoms with E-state index in [1.807, 2.05) is 0 Å². The highest BCUT2D eigenvalue weighted by Crippen LogP contribution is 2.15. The molecule has 1 fully saturated rings. The van der Waals surface area contributed by atoms with E-state index in [-0.39, 0.29) is 5.25 Å². The summed E-state index contributed by atoms with van der Waals surface area (Å²) < 4.78 is 25.6. The van der Waals surface area contributed by atoms with E-state index in [1.165, 1.54) is 12.8 Å². The minimum atomic E-state index is -3.09. The maximum Gasteiger partial charge on any atom is 0.213 e. The average molecular weight is 248 g/mol. The number of rotatable bonds is 5. The monoisotopic (exact) mass is 248 g/mol. The lowest BCUT2D eigenvalue weighted by Gasteiger charge is -2.30. The molecule has 96 valence electrons. The van der Waals surface area contributed by atoms with Crippen molar-refractivity contribution in [2.75, 3.05) is 26.2 Å². The molecule has 0 amide bonds. The molecule has 0 aliphatic carbocycles. The van der Waals surface area contributed by atoms with Crippen molar-refractivity contribution in [2.24, 2.45) is 5.92 Å². The Morgan fingerprint density at radius 2 is 1.88 bits per heavy atom. The van der Waals surface area contributed by atoms with Crippen molar-refractivity contribution in [2.45, 2.75) is 38.9 Å². The molecule has 0 aromatic heterocycles. The van der Waals surface area contributed by atoms with Crippen LogP contribution in [0.2, 0.25) is 0 Å². The second-order valence-electron chi connectivity index (χ2n) is 5.01. The van der Waals surface area contributed by atoms with Gasteiger partial charge >= 0.3 is 0 Å². The summed E-state index contributed by atoms with van der Waals surface area (Å²) >= 11 is 0. The maximum atomic E-state index is 11.5. The molecule has 1 aliphatic rings. The van der Waals surface area contributed by atoms with Gasteiger partial charge in [-0.25, -0.2) is 13.1 Å². The van der Waals surface area contributed by atoms with Crippen LogP contribution in [-0.2, 0) is 10.0 Å². The zero-order chi connectivity index (χ0) is 12.2. The van der Waals surface area contributed by atoms with E-state index in [4.69, 9.17) is 0 Å². The Labute approximate surface area is 99.5 Å². The molecule has 1 N–H and O–H groups in total. The first-order valence-electron chi connectivity index (χ1n) is 6.12. The number of hydrogen-bond acceptors (Lipinski definition) is 3. The maximum absolute atomic E-state index is 11.5. The molecule has 5 heteroatoms. The molecule has 1 rings (SSSR count). The fraction of sp³-hybridized carbons (Fsp3) is 1.00. The molecule has 4 nitrogen and oxygen atoms in total. The van der Waals surface area contributed by atoms with Crippen LogP contribution in [0.4, 0.5) is 0 Å². The number of nitrogens with one attached hydrogen (secondary N) is 1. The van der Waals surface area contributed by atoms with Crippen LogP contribution in [0.25, 0.3) is 0 Å². The summed E-state index contributed by atoms with van der Waals surface area (Å²) in [6, 6.07) is 0. The molecular weight excluding hydrogens is 224 g/mol. The Bertz CT molecular complexity index is 293. The Kier molecular flexibility index (Phi) is 5.21. The van der Waals surface area contributed by atoms with Crippen LogP contribution in [0.1, 0.15) is 33.6 Å². The SMILES string of the molecule is CC1CCN(CCNS(=O)(=O)C(C)C)CC1. The standard InChI is InChI=1S/C11H24N2O2S/c1-10(2)16(14,15)12-6-9-13-7-4-11(3)5-8-13/h10-12H,4-9H2,1-3H3. The van der Waals surface area contributed by atoms with E-state index in [0.717, 1.165) is 25.6 Å². The van der Waals surface area contributed by atoms with Gasteiger partial charge in [0.15, 0.2) is 0 Å². The summed E-state index contributed by atoms with van der Waals surface area (Å²) in [6.45, 7) is 9.25. The molecule has 0 aromatic carbocycles. The van der Waals surface area contributed by atoms with Crippen LogP contribution in [0, 0.1) is 5.92 Å². The van der Waals surface area contributed by atoms with E-state index in [9.17, 15) is 8.42 Å². The summed E-state index contributed by atoms with van der Waals surface area (Å²) in [7, 11) is -3.09. The topological polar surface area (TPSA) is 49.4 Å². The van der Waals surface area contributed by atoms with Crippen LogP contribution in [0.5, 0.6) is 0 Å². The first-order valence-corrected chi connectivity index (χ1v) is 7.67. The van der Waals surface area contributed by atoms with Crippen molar-refractivity contribution in [3.63, 3.8) is 0 Å². The van der Waals surface area contributed by atoms with Gasteiger partial charge in [0.05, 0.1) is 5.25 Å². The van der Waals surface area contributed by atoms with Crippen LogP contribution >= 0.6 is 0 Å². The quantitative estimate of drug-likeness (QED) is 0.791. The van der Waals surface area contributed by atoms with Gasteiger partial charge in [-0.05, 0) is 45.7 Å². The predicted molar refractivity (Wildman–Crippen MR) is 66.9 cm³/mol. The molecular formula is C11H24N2O2S. The highest BCUT2D eigenvalue weighted by Gasteiger charge is 2.17. The van der Waals surface area contributed by atoms with Crippen molar-refractivity contribution < 1.29 is 8.42 Å². The summed E-state index contributed by atoms with van der Waals surface area (Å²) in [5.41, 5.74) is 0. The molecule has 1 heterocycles. The lowest BCUT2D eigenvalue weighted by molar-refractivity contribution is 0.195. The summed E-state index contributed by atoms with van der Waals surface area (Å²) in [5.74, 6) is 0.823. The molecule has 0 unspecified atom stereocenters. The zero-order valence-electron chi connectivity index (χ0n) is 10.6. The van der Waals surface area contributed by atoms with Crippen molar-refractivity contribution in [3.05, 3.63) is 0 Å². The van der Waals surface area contributed by atoms with Gasteiger partial charge in [-0.1, -0.05) is 6.92 Å². The van der Waals surface area contributed by atoms with Crippen molar-refractivity contribution >= 4 is 10.0 Å². The van der Waals surface area contributed by atoms with Gasteiger partial charge in [0.1, 0.15) is 0 Å². The normalized spacial score (nSPS) is 20.5. The molecule has 0 bridgehead atoms. The minimum Gasteiger partial charge on any atom is -0.302 e. The van der Waals surface area contributed by atoms with Crippen molar-refractivity contribution in [3.8, 4) is 0 Å². The Morgan fingerprint density at radius 3 is 2.38 bits per heavy atom. The number of sulfonamides is 1. The second kappa shape index (κ2) is 5.98. The molecule has 0 atom stereocenters. The first kappa shape index (κ1) is 13.9. The first-order chi connectivity index (χ1) is 7.42. The van der Waals surface area contributed by atoms with Gasteiger partial charge in [0.25, 0.3) is 0 Å². The molecule has 0 spiro atoms. The summed E-state index contributed by atoms with van der Waals surface area (Å²) in [6.07, 6.45) is 2.47. The van der Waals surface area contributed by atoms with Crippen LogP contribution < -0.4 is 4.72 Å². The summed E-state index contributed by atoms with van der Waals surface area (Å²) in [4.78, 5) is 2.34. The fourth-order valence-electron chi connectivity index (χ4n) is 1.80. The van der Waals surface area contributed by atoms with Crippen LogP contribution in [-0.4, -0.2) is 44.7 Å². The molecule has 1 saturated heterocycles. The largest absolute Gasteiger partial charge is 0.302 e. The Morgan fingerprint density at radius 1 is 1.31 bits per heavy atom. The van der Waals surface area contributed by atoms with E-state index >= 15 is 0 Å². The van der Waals surface area contributed by atoms with Gasteiger partial charge in [0.2, 0.25) is 10.0 Å². The minimum absolute atomic E-state index is 0.339. The van der Waals surface area contributed by atoms with E-state index < -0.39 is 10.0 Å². The van der Waals surface area contributed by atoms with E-state index in [0.29, 0.717) is 6.54 Å². The van der Waals surface area contributed by atoms with Crippen molar-refractivity contribution in [1.82, 2.24) is 9.62 Å². The molecule has 0 aromatic rings. The van der Waals surface area contributed by atoms with Gasteiger partial charge < -0.3 is 4.90 Å². The van der Waals surface area contributed by atoms with E-state index in [2.05, 4.69) is 16.5 Å². The van der Waals surface area contributed by atoms with Crippen molar-refractivity contribution in [1.29, 1.82) is 0 Å². The third kappa shape index (κ3) is 4.39. The van der Waals surface area contributed by atoms with Gasteiger partial charge in [-0.3, -0.25) is 0 Å².